The van der Waals surface area contributed by atoms with Crippen molar-refractivity contribution in [2.45, 2.75) is 33.6 Å². The third-order valence-electron chi connectivity index (χ3n) is 3.87. The summed E-state index contributed by atoms with van der Waals surface area (Å²) in [5.41, 5.74) is 1.72. The molecule has 1 aromatic heterocycles. The van der Waals surface area contributed by atoms with Gasteiger partial charge in [-0.05, 0) is 39.5 Å². The molecule has 4 heteroatoms. The zero-order chi connectivity index (χ0) is 13.3. The molecule has 0 N–H and O–H groups in total. The summed E-state index contributed by atoms with van der Waals surface area (Å²) in [6.45, 7) is 7.38. The predicted molar refractivity (Wildman–Crippen MR) is 72.3 cm³/mol. The quantitative estimate of drug-likeness (QED) is 0.789. The van der Waals surface area contributed by atoms with E-state index in [4.69, 9.17) is 16.0 Å². The molecule has 3 nitrogen and oxygen atoms in total. The zero-order valence-corrected chi connectivity index (χ0v) is 12.0. The Kier molecular flexibility index (Phi) is 4.00. The molecule has 1 unspecified atom stereocenters. The van der Waals surface area contributed by atoms with Crippen molar-refractivity contribution in [1.82, 2.24) is 4.90 Å². The van der Waals surface area contributed by atoms with E-state index >= 15 is 0 Å². The summed E-state index contributed by atoms with van der Waals surface area (Å²) in [4.78, 5) is 14.4. The van der Waals surface area contributed by atoms with Crippen LogP contribution in [0.15, 0.2) is 4.42 Å². The molecule has 1 saturated heterocycles. The number of halogens is 1. The first-order valence-electron chi connectivity index (χ1n) is 6.46. The van der Waals surface area contributed by atoms with Crippen LogP contribution in [0.25, 0.3) is 0 Å². The average Bonchev–Trinajstić information content (AvgIpc) is 2.86. The summed E-state index contributed by atoms with van der Waals surface area (Å²) in [6, 6.07) is 0. The fourth-order valence-corrected chi connectivity index (χ4v) is 2.98. The highest BCUT2D eigenvalue weighted by atomic mass is 35.5. The van der Waals surface area contributed by atoms with Crippen molar-refractivity contribution < 1.29 is 9.21 Å². The summed E-state index contributed by atoms with van der Waals surface area (Å²) in [7, 11) is 0. The Labute approximate surface area is 113 Å². The van der Waals surface area contributed by atoms with Crippen molar-refractivity contribution in [3.63, 3.8) is 0 Å². The number of hydrogen-bond acceptors (Lipinski definition) is 2. The van der Waals surface area contributed by atoms with Gasteiger partial charge < -0.3 is 9.32 Å². The first kappa shape index (κ1) is 13.5. The fourth-order valence-electron chi connectivity index (χ4n) is 2.67. The highest BCUT2D eigenvalue weighted by Crippen LogP contribution is 2.26. The molecule has 1 aliphatic rings. The van der Waals surface area contributed by atoms with Gasteiger partial charge in [-0.1, -0.05) is 0 Å². The lowest BCUT2D eigenvalue weighted by molar-refractivity contribution is 0.0784. The van der Waals surface area contributed by atoms with Crippen LogP contribution in [0.2, 0.25) is 0 Å². The van der Waals surface area contributed by atoms with Gasteiger partial charge in [-0.3, -0.25) is 4.79 Å². The number of hydrogen-bond donors (Lipinski definition) is 0. The SMILES string of the molecule is Cc1oc(C)c(C(=O)N2CCC(CCCl)C2)c1C. The predicted octanol–water partition coefficient (Wildman–Crippen LogP) is 3.30. The van der Waals surface area contributed by atoms with E-state index < -0.39 is 0 Å². The topological polar surface area (TPSA) is 33.5 Å². The molecule has 1 aromatic rings. The van der Waals surface area contributed by atoms with E-state index in [1.807, 2.05) is 25.7 Å². The molecule has 18 heavy (non-hydrogen) atoms. The standard InChI is InChI=1S/C14H20ClNO2/c1-9-10(2)18-11(3)13(9)14(17)16-7-5-12(8-16)4-6-15/h12H,4-8H2,1-3H3. The summed E-state index contributed by atoms with van der Waals surface area (Å²) in [5.74, 6) is 2.91. The number of furan rings is 1. The van der Waals surface area contributed by atoms with Gasteiger partial charge in [0.1, 0.15) is 11.5 Å². The van der Waals surface area contributed by atoms with Crippen molar-refractivity contribution in [2.75, 3.05) is 19.0 Å². The summed E-state index contributed by atoms with van der Waals surface area (Å²) in [5, 5.41) is 0. The fraction of sp³-hybridized carbons (Fsp3) is 0.643. The number of alkyl halides is 1. The van der Waals surface area contributed by atoms with Crippen LogP contribution in [0.5, 0.6) is 0 Å². The van der Waals surface area contributed by atoms with Crippen molar-refractivity contribution >= 4 is 17.5 Å². The molecule has 0 radical (unpaired) electrons. The van der Waals surface area contributed by atoms with Crippen LogP contribution in [0.4, 0.5) is 0 Å². The normalized spacial score (nSPS) is 19.6. The molecule has 2 rings (SSSR count). The molecule has 0 aromatic carbocycles. The first-order chi connectivity index (χ1) is 8.54. The molecule has 1 aliphatic heterocycles. The van der Waals surface area contributed by atoms with Crippen LogP contribution < -0.4 is 0 Å². The van der Waals surface area contributed by atoms with Crippen molar-refractivity contribution in [3.8, 4) is 0 Å². The van der Waals surface area contributed by atoms with Gasteiger partial charge in [-0.25, -0.2) is 0 Å². The Balaban J connectivity index is 2.13. The van der Waals surface area contributed by atoms with E-state index in [-0.39, 0.29) is 5.91 Å². The van der Waals surface area contributed by atoms with Crippen molar-refractivity contribution in [1.29, 1.82) is 0 Å². The maximum absolute atomic E-state index is 12.5. The minimum absolute atomic E-state index is 0.110. The number of likely N-dealkylation sites (tertiary alicyclic amines) is 1. The molecule has 100 valence electrons. The second-order valence-corrected chi connectivity index (χ2v) is 5.48. The average molecular weight is 270 g/mol. The van der Waals surface area contributed by atoms with E-state index in [1.54, 1.807) is 0 Å². The van der Waals surface area contributed by atoms with Crippen LogP contribution >= 0.6 is 11.6 Å². The van der Waals surface area contributed by atoms with Gasteiger partial charge in [0, 0.05) is 24.5 Å². The Bertz CT molecular complexity index is 453. The molecule has 1 amide bonds. The maximum Gasteiger partial charge on any atom is 0.257 e. The van der Waals surface area contributed by atoms with Crippen LogP contribution in [0.1, 0.15) is 40.3 Å². The zero-order valence-electron chi connectivity index (χ0n) is 11.3. The van der Waals surface area contributed by atoms with Crippen LogP contribution in [-0.2, 0) is 0 Å². The lowest BCUT2D eigenvalue weighted by atomic mass is 10.1. The largest absolute Gasteiger partial charge is 0.466 e. The second kappa shape index (κ2) is 5.35. The number of carbonyl (C=O) groups excluding carboxylic acids is 1. The molecule has 0 aliphatic carbocycles. The molecule has 0 saturated carbocycles. The minimum Gasteiger partial charge on any atom is -0.466 e. The Morgan fingerprint density at radius 3 is 2.67 bits per heavy atom. The van der Waals surface area contributed by atoms with Gasteiger partial charge in [-0.15, -0.1) is 11.6 Å². The number of nitrogens with zero attached hydrogens (tertiary/aromatic N) is 1. The highest BCUT2D eigenvalue weighted by molar-refractivity contribution is 6.17. The number of amides is 1. The van der Waals surface area contributed by atoms with E-state index in [2.05, 4.69) is 0 Å². The lowest BCUT2D eigenvalue weighted by Crippen LogP contribution is -2.29. The molecule has 1 fully saturated rings. The summed E-state index contributed by atoms with van der Waals surface area (Å²) >= 11 is 5.76. The van der Waals surface area contributed by atoms with Gasteiger partial charge in [0.2, 0.25) is 0 Å². The van der Waals surface area contributed by atoms with Crippen LogP contribution in [0.3, 0.4) is 0 Å². The maximum atomic E-state index is 12.5. The van der Waals surface area contributed by atoms with E-state index in [0.29, 0.717) is 11.8 Å². The number of aryl methyl sites for hydroxylation is 2. The monoisotopic (exact) mass is 269 g/mol. The molecular weight excluding hydrogens is 250 g/mol. The van der Waals surface area contributed by atoms with E-state index in [0.717, 1.165) is 48.6 Å². The second-order valence-electron chi connectivity index (χ2n) is 5.10. The summed E-state index contributed by atoms with van der Waals surface area (Å²) < 4.78 is 5.53. The molecular formula is C14H20ClNO2. The number of carbonyl (C=O) groups is 1. The van der Waals surface area contributed by atoms with Gasteiger partial charge >= 0.3 is 0 Å². The van der Waals surface area contributed by atoms with Gasteiger partial charge in [0.05, 0.1) is 5.56 Å². The first-order valence-corrected chi connectivity index (χ1v) is 6.99. The molecule has 1 atom stereocenters. The Hall–Kier alpha value is -0.960. The van der Waals surface area contributed by atoms with Crippen LogP contribution in [0, 0.1) is 26.7 Å². The third kappa shape index (κ3) is 2.41. The molecule has 2 heterocycles. The van der Waals surface area contributed by atoms with Crippen molar-refractivity contribution in [2.24, 2.45) is 5.92 Å². The lowest BCUT2D eigenvalue weighted by Gasteiger charge is -2.16. The van der Waals surface area contributed by atoms with Gasteiger partial charge in [-0.2, -0.15) is 0 Å². The summed E-state index contributed by atoms with van der Waals surface area (Å²) in [6.07, 6.45) is 2.06. The Morgan fingerprint density at radius 1 is 1.39 bits per heavy atom. The Morgan fingerprint density at radius 2 is 2.11 bits per heavy atom. The smallest absolute Gasteiger partial charge is 0.257 e. The van der Waals surface area contributed by atoms with Crippen LogP contribution in [-0.4, -0.2) is 29.8 Å². The third-order valence-corrected chi connectivity index (χ3v) is 4.08. The molecule has 0 spiro atoms. The highest BCUT2D eigenvalue weighted by Gasteiger charge is 2.29. The minimum atomic E-state index is 0.110. The van der Waals surface area contributed by atoms with E-state index in [9.17, 15) is 4.79 Å². The van der Waals surface area contributed by atoms with Gasteiger partial charge in [0.15, 0.2) is 0 Å². The van der Waals surface area contributed by atoms with Gasteiger partial charge in [0.25, 0.3) is 5.91 Å². The number of rotatable bonds is 3. The van der Waals surface area contributed by atoms with E-state index in [1.165, 1.54) is 0 Å². The molecule has 0 bridgehead atoms. The van der Waals surface area contributed by atoms with Crippen molar-refractivity contribution in [3.05, 3.63) is 22.6 Å².